The van der Waals surface area contributed by atoms with Gasteiger partial charge in [0.05, 0.1) is 0 Å². The minimum atomic E-state index is -1.42. The van der Waals surface area contributed by atoms with Crippen LogP contribution in [0.3, 0.4) is 0 Å². The number of benzene rings is 2. The van der Waals surface area contributed by atoms with Crippen molar-refractivity contribution in [2.24, 2.45) is 46.3 Å². The lowest BCUT2D eigenvalue weighted by atomic mass is 9.43. The van der Waals surface area contributed by atoms with Crippen molar-refractivity contribution in [3.05, 3.63) is 60.2 Å². The number of rotatable bonds is 6. The molecule has 4 aliphatic carbocycles. The van der Waals surface area contributed by atoms with Crippen molar-refractivity contribution in [3.63, 3.8) is 0 Å². The summed E-state index contributed by atoms with van der Waals surface area (Å²) in [4.78, 5) is 11.2. The second-order valence-corrected chi connectivity index (χ2v) is 14.5. The van der Waals surface area contributed by atoms with Crippen LogP contribution in [0, 0.1) is 46.3 Å². The van der Waals surface area contributed by atoms with E-state index in [4.69, 9.17) is 0 Å². The number of carboxylic acids is 1. The summed E-state index contributed by atoms with van der Waals surface area (Å²) in [5.74, 6) is 2.02. The molecule has 6 rings (SSSR count). The fraction of sp³-hybridized carbons (Fsp3) is 0.639. The number of aliphatic hydroxyl groups is 1. The minimum absolute atomic E-state index is 0.0765. The molecule has 3 nitrogen and oxygen atoms in total. The van der Waals surface area contributed by atoms with Crippen molar-refractivity contribution < 1.29 is 19.4 Å². The summed E-state index contributed by atoms with van der Waals surface area (Å²) >= 11 is 0. The van der Waals surface area contributed by atoms with E-state index in [0.29, 0.717) is 41.6 Å². The minimum Gasteiger partial charge on any atom is -0.481 e. The normalized spacial score (nSPS) is 41.4. The molecular formula is C36H47FO3. The number of hydrogen-bond acceptors (Lipinski definition) is 2. The van der Waals surface area contributed by atoms with Crippen LogP contribution in [0.15, 0.2) is 54.6 Å². The monoisotopic (exact) mass is 546 g/mol. The molecule has 2 aromatic rings. The van der Waals surface area contributed by atoms with E-state index >= 15 is 4.39 Å². The van der Waals surface area contributed by atoms with E-state index in [1.54, 1.807) is 0 Å². The van der Waals surface area contributed by atoms with Crippen molar-refractivity contribution in [1.29, 1.82) is 0 Å². The molecule has 4 aliphatic rings. The van der Waals surface area contributed by atoms with Gasteiger partial charge < -0.3 is 10.2 Å². The summed E-state index contributed by atoms with van der Waals surface area (Å²) in [6.07, 6.45) is 7.80. The van der Waals surface area contributed by atoms with Crippen LogP contribution in [0.1, 0.15) is 90.5 Å². The third-order valence-electron chi connectivity index (χ3n) is 12.9. The second-order valence-electron chi connectivity index (χ2n) is 14.5. The zero-order valence-electron chi connectivity index (χ0n) is 24.5. The molecule has 0 radical (unpaired) electrons. The van der Waals surface area contributed by atoms with Gasteiger partial charge in [0.25, 0.3) is 0 Å². The summed E-state index contributed by atoms with van der Waals surface area (Å²) in [7, 11) is 0. The zero-order chi connectivity index (χ0) is 28.3. The number of halogens is 1. The number of alkyl halides is 1. The van der Waals surface area contributed by atoms with E-state index in [9.17, 15) is 15.0 Å². The van der Waals surface area contributed by atoms with Gasteiger partial charge in [0.1, 0.15) is 11.8 Å². The Hall–Kier alpha value is -2.20. The average molecular weight is 547 g/mol. The smallest absolute Gasteiger partial charge is 0.303 e. The van der Waals surface area contributed by atoms with Crippen LogP contribution in [0.5, 0.6) is 0 Å². The van der Waals surface area contributed by atoms with Gasteiger partial charge in [0.2, 0.25) is 0 Å². The first-order valence-electron chi connectivity index (χ1n) is 15.8. The standard InChI is InChI=1S/C36H47FO3/c1-23(9-18-32(38)39)28-16-17-29-27-14-15-31-33(37)36(40,22-21-35(31,3)30(27)19-20-34(28,29)2)26-12-10-25(11-13-26)24-7-5-4-6-8-24/h4-8,10-13,23,27-31,33,40H,9,14-22H2,1-3H3,(H,38,39)/t23?,27-,28+,29-,30-,31+,33?,34+,35+,36+/m0/s1. The van der Waals surface area contributed by atoms with Gasteiger partial charge in [0, 0.05) is 6.42 Å². The second kappa shape index (κ2) is 10.3. The van der Waals surface area contributed by atoms with Crippen LogP contribution in [0.2, 0.25) is 0 Å². The first-order valence-corrected chi connectivity index (χ1v) is 15.8. The first-order chi connectivity index (χ1) is 19.1. The van der Waals surface area contributed by atoms with Crippen molar-refractivity contribution >= 4 is 5.97 Å². The highest BCUT2D eigenvalue weighted by Crippen LogP contribution is 2.69. The number of fused-ring (bicyclic) bond motifs is 5. The Morgan fingerprint density at radius 2 is 1.50 bits per heavy atom. The molecule has 0 heterocycles. The molecule has 2 unspecified atom stereocenters. The molecule has 0 spiro atoms. The fourth-order valence-corrected chi connectivity index (χ4v) is 10.7. The molecule has 0 aromatic heterocycles. The predicted octanol–water partition coefficient (Wildman–Crippen LogP) is 8.65. The molecule has 2 N–H and O–H groups in total. The van der Waals surface area contributed by atoms with Crippen LogP contribution < -0.4 is 0 Å². The van der Waals surface area contributed by atoms with Crippen LogP contribution >= 0.6 is 0 Å². The lowest BCUT2D eigenvalue weighted by Crippen LogP contribution is -2.60. The number of carbonyl (C=O) groups is 1. The first kappa shape index (κ1) is 27.9. The zero-order valence-corrected chi connectivity index (χ0v) is 24.5. The van der Waals surface area contributed by atoms with Crippen molar-refractivity contribution in [2.45, 2.75) is 96.8 Å². The van der Waals surface area contributed by atoms with Crippen molar-refractivity contribution in [1.82, 2.24) is 0 Å². The Morgan fingerprint density at radius 1 is 0.850 bits per heavy atom. The third-order valence-corrected chi connectivity index (χ3v) is 12.9. The topological polar surface area (TPSA) is 57.5 Å². The Balaban J connectivity index is 1.20. The molecule has 4 heteroatoms. The molecule has 2 aromatic carbocycles. The Bertz CT molecular complexity index is 1210. The van der Waals surface area contributed by atoms with E-state index in [2.05, 4.69) is 32.9 Å². The van der Waals surface area contributed by atoms with Crippen LogP contribution in [-0.2, 0) is 10.4 Å². The highest BCUT2D eigenvalue weighted by molar-refractivity contribution is 5.66. The number of aliphatic carboxylic acids is 1. The van der Waals surface area contributed by atoms with Crippen molar-refractivity contribution in [2.75, 3.05) is 0 Å². The molecule has 0 bridgehead atoms. The third kappa shape index (κ3) is 4.35. The summed E-state index contributed by atoms with van der Waals surface area (Å²) in [5.41, 5.74) is 1.70. The molecule has 4 fully saturated rings. The van der Waals surface area contributed by atoms with Crippen LogP contribution in [0.25, 0.3) is 11.1 Å². The molecule has 216 valence electrons. The highest BCUT2D eigenvalue weighted by atomic mass is 19.1. The Labute approximate surface area is 239 Å². The largest absolute Gasteiger partial charge is 0.481 e. The summed E-state index contributed by atoms with van der Waals surface area (Å²) in [5, 5.41) is 21.1. The Kier molecular flexibility index (Phi) is 7.17. The van der Waals surface area contributed by atoms with Gasteiger partial charge in [-0.25, -0.2) is 4.39 Å². The van der Waals surface area contributed by atoms with E-state index in [1.807, 2.05) is 42.5 Å². The molecule has 4 saturated carbocycles. The van der Waals surface area contributed by atoms with E-state index in [-0.39, 0.29) is 23.2 Å². The van der Waals surface area contributed by atoms with Gasteiger partial charge >= 0.3 is 5.97 Å². The lowest BCUT2D eigenvalue weighted by molar-refractivity contribution is -0.193. The maximum absolute atomic E-state index is 16.6. The quantitative estimate of drug-likeness (QED) is 0.381. The number of carboxylic acid groups (broad SMARTS) is 1. The maximum Gasteiger partial charge on any atom is 0.303 e. The molecule has 0 amide bonds. The SMILES string of the molecule is CC(CCC(=O)O)[C@H]1CC[C@H]2[C@@H]3CC[C@@H]4C(F)[C@](O)(c5ccc(-c6ccccc6)cc5)CC[C@]4(C)[C@H]3CC[C@]12C. The van der Waals surface area contributed by atoms with Crippen molar-refractivity contribution in [3.8, 4) is 11.1 Å². The summed E-state index contributed by atoms with van der Waals surface area (Å²) < 4.78 is 16.6. The molecular weight excluding hydrogens is 499 g/mol. The fourth-order valence-electron chi connectivity index (χ4n) is 10.7. The average Bonchev–Trinajstić information content (AvgIpc) is 3.32. The molecule has 0 saturated heterocycles. The van der Waals surface area contributed by atoms with E-state index in [0.717, 1.165) is 43.2 Å². The van der Waals surface area contributed by atoms with Crippen LogP contribution in [-0.4, -0.2) is 22.4 Å². The van der Waals surface area contributed by atoms with Gasteiger partial charge in [-0.15, -0.1) is 0 Å². The highest BCUT2D eigenvalue weighted by Gasteiger charge is 2.64. The summed E-state index contributed by atoms with van der Waals surface area (Å²) in [6, 6.07) is 18.1. The van der Waals surface area contributed by atoms with Gasteiger partial charge in [-0.05, 0) is 121 Å². The number of hydrogen-bond donors (Lipinski definition) is 2. The molecule has 0 aliphatic heterocycles. The molecule has 10 atom stereocenters. The predicted molar refractivity (Wildman–Crippen MR) is 157 cm³/mol. The maximum atomic E-state index is 16.6. The lowest BCUT2D eigenvalue weighted by Gasteiger charge is -2.63. The summed E-state index contributed by atoms with van der Waals surface area (Å²) in [6.45, 7) is 7.12. The van der Waals surface area contributed by atoms with E-state index in [1.165, 1.54) is 19.3 Å². The van der Waals surface area contributed by atoms with Gasteiger partial charge in [-0.3, -0.25) is 4.79 Å². The van der Waals surface area contributed by atoms with Gasteiger partial charge in [-0.1, -0.05) is 75.4 Å². The molecule has 40 heavy (non-hydrogen) atoms. The van der Waals surface area contributed by atoms with Gasteiger partial charge in [-0.2, -0.15) is 0 Å². The van der Waals surface area contributed by atoms with Gasteiger partial charge in [0.15, 0.2) is 0 Å². The van der Waals surface area contributed by atoms with E-state index < -0.39 is 17.7 Å². The Morgan fingerprint density at radius 3 is 2.20 bits per heavy atom. The van der Waals surface area contributed by atoms with Crippen LogP contribution in [0.4, 0.5) is 4.39 Å².